The van der Waals surface area contributed by atoms with Crippen LogP contribution in [0.5, 0.6) is 0 Å². The fourth-order valence-electron chi connectivity index (χ4n) is 13.8. The smallest absolute Gasteiger partial charge is 0.252 e. The average molecular weight is 1320 g/mol. The molecule has 6 heteroatoms. The number of nitrogens with zero attached hydrogens (tertiary/aromatic N) is 4. The first-order valence-corrected chi connectivity index (χ1v) is 36.0. The van der Waals surface area contributed by atoms with Gasteiger partial charge in [0.25, 0.3) is 6.71 Å². The van der Waals surface area contributed by atoms with Gasteiger partial charge < -0.3 is 19.6 Å². The van der Waals surface area contributed by atoms with Crippen LogP contribution in [-0.4, -0.2) is 6.71 Å². The maximum absolute atomic E-state index is 7.63. The summed E-state index contributed by atoms with van der Waals surface area (Å²) in [6.07, 6.45) is 0. The second kappa shape index (κ2) is 25.8. The lowest BCUT2D eigenvalue weighted by Gasteiger charge is -2.45. The van der Waals surface area contributed by atoms with Crippen molar-refractivity contribution >= 4 is 103 Å². The van der Waals surface area contributed by atoms with Gasteiger partial charge in [-0.3, -0.25) is 0 Å². The molecule has 10 aromatic rings. The van der Waals surface area contributed by atoms with Crippen molar-refractivity contribution in [1.29, 1.82) is 0 Å². The van der Waals surface area contributed by atoms with Crippen molar-refractivity contribution in [3.05, 3.63) is 268 Å². The molecule has 0 N–H and O–H groups in total. The quantitative estimate of drug-likeness (QED) is 0.141. The Hall–Kier alpha value is -8.25. The lowest BCUT2D eigenvalue weighted by atomic mass is 9.33. The predicted octanol–water partition coefficient (Wildman–Crippen LogP) is 25.4. The summed E-state index contributed by atoms with van der Waals surface area (Å²) in [6, 6.07) is 82.0. The van der Waals surface area contributed by atoms with E-state index in [9.17, 15) is 0 Å². The molecule has 0 fully saturated rings. The Labute approximate surface area is 596 Å². The van der Waals surface area contributed by atoms with Gasteiger partial charge in [0.2, 0.25) is 0 Å². The molecule has 0 spiro atoms. The van der Waals surface area contributed by atoms with Crippen LogP contribution in [0.3, 0.4) is 0 Å². The zero-order valence-electron chi connectivity index (χ0n) is 63.5. The van der Waals surface area contributed by atoms with Crippen molar-refractivity contribution in [2.24, 2.45) is 0 Å². The zero-order chi connectivity index (χ0) is 71.2. The van der Waals surface area contributed by atoms with Crippen LogP contribution in [-0.2, 0) is 43.3 Å². The molecule has 2 aliphatic heterocycles. The Bertz CT molecular complexity index is 4090. The Kier molecular flexibility index (Phi) is 18.7. The number of benzene rings is 10. The van der Waals surface area contributed by atoms with Gasteiger partial charge in [-0.05, 0) is 213 Å². The molecule has 506 valence electrons. The molecule has 98 heavy (non-hydrogen) atoms. The van der Waals surface area contributed by atoms with E-state index < -0.39 is 0 Å². The molecule has 0 radical (unpaired) electrons. The third kappa shape index (κ3) is 14.5. The second-order valence-corrected chi connectivity index (χ2v) is 36.3. The number of rotatable bonds is 8. The molecular weight excluding hydrogens is 1210 g/mol. The highest BCUT2D eigenvalue weighted by molar-refractivity contribution is 7.00. The van der Waals surface area contributed by atoms with E-state index in [-0.39, 0.29) is 50.0 Å². The van der Waals surface area contributed by atoms with Gasteiger partial charge in [-0.1, -0.05) is 287 Å². The van der Waals surface area contributed by atoms with Gasteiger partial charge in [0, 0.05) is 56.9 Å². The van der Waals surface area contributed by atoms with Crippen LogP contribution in [0.15, 0.2) is 218 Å². The summed E-state index contributed by atoms with van der Waals surface area (Å²) in [5, 5.41) is 0.682. The monoisotopic (exact) mass is 1310 g/mol. The maximum atomic E-state index is 7.63. The first kappa shape index (κ1) is 71.1. The summed E-state index contributed by atoms with van der Waals surface area (Å²) >= 11 is 7.63. The van der Waals surface area contributed by atoms with E-state index in [2.05, 4.69) is 404 Å². The molecule has 0 aromatic heterocycles. The highest BCUT2D eigenvalue weighted by atomic mass is 35.5. The van der Waals surface area contributed by atoms with E-state index in [1.54, 1.807) is 0 Å². The minimum Gasteiger partial charge on any atom is -0.311 e. The molecule has 0 saturated carbocycles. The van der Waals surface area contributed by atoms with Crippen molar-refractivity contribution in [3.8, 4) is 0 Å². The topological polar surface area (TPSA) is 13.0 Å². The van der Waals surface area contributed by atoms with Crippen LogP contribution in [0.25, 0.3) is 0 Å². The van der Waals surface area contributed by atoms with Gasteiger partial charge >= 0.3 is 0 Å². The maximum Gasteiger partial charge on any atom is 0.252 e. The van der Waals surface area contributed by atoms with E-state index in [0.717, 1.165) is 34.1 Å². The summed E-state index contributed by atoms with van der Waals surface area (Å²) < 4.78 is 0. The molecule has 10 aromatic carbocycles. The molecule has 2 aliphatic rings. The largest absolute Gasteiger partial charge is 0.311 e. The van der Waals surface area contributed by atoms with Crippen molar-refractivity contribution in [2.45, 2.75) is 209 Å². The van der Waals surface area contributed by atoms with Crippen molar-refractivity contribution in [1.82, 2.24) is 0 Å². The first-order chi connectivity index (χ1) is 45.6. The Balaban J connectivity index is 0.000000198. The fraction of sp³-hybridized carbons (Fsp3) is 0.348. The standard InChI is InChI=1S/C46H53BN2.C46H55ClN2/c1-43(2,3)30-16-22-34(23-17-30)48-38-26-20-32(45(7,8)9)28-36(38)47-37-29-33(46(10,11)12)21-27-39(37)49(41-15-13-14-40(48)42(41)47)35-24-18-31(19-25-35)44(4,5)6;1-43(2,3)32-16-24-36(25-17-32)48(37-26-18-33(19-27-37)44(4,5)6)40-14-13-15-41(42(40)47)49(38-28-20-34(21-29-38)45(7,8)9)39-30-22-35(23-31-39)46(10,11)12/h13-29H,1-12H3;13-31H,1-12H3. The number of anilines is 12. The normalized spacial score (nSPS) is 13.5. The van der Waals surface area contributed by atoms with Crippen LogP contribution < -0.4 is 36.0 Å². The van der Waals surface area contributed by atoms with Crippen molar-refractivity contribution in [2.75, 3.05) is 19.6 Å². The van der Waals surface area contributed by atoms with Crippen LogP contribution in [0.1, 0.15) is 211 Å². The molecule has 0 bridgehead atoms. The third-order valence-electron chi connectivity index (χ3n) is 20.1. The van der Waals surface area contributed by atoms with Crippen LogP contribution in [0.4, 0.5) is 68.2 Å². The second-order valence-electron chi connectivity index (χ2n) is 35.9. The number of hydrogen-bond acceptors (Lipinski definition) is 4. The molecule has 0 aliphatic carbocycles. The SMILES string of the molecule is CC(C)(C)c1ccc(N(c2ccc(C(C)(C)C)cc2)c2cccc(N(c3ccc(C(C)(C)C)cc3)c3ccc(C(C)(C)C)cc3)c2Cl)cc1.CC(C)(C)c1ccc(N2c3ccc(C(C)(C)C)cc3B3c4cc(C(C)(C)C)ccc4N(c4ccc(C(C)(C)C)cc4)c4cccc2c43)cc1. The first-order valence-electron chi connectivity index (χ1n) is 35.6. The molecule has 0 amide bonds. The number of fused-ring (bicyclic) bond motifs is 4. The molecule has 12 rings (SSSR count). The Morgan fingerprint density at radius 1 is 0.255 bits per heavy atom. The molecule has 2 heterocycles. The zero-order valence-corrected chi connectivity index (χ0v) is 64.3. The lowest BCUT2D eigenvalue weighted by molar-refractivity contribution is 0.590. The van der Waals surface area contributed by atoms with E-state index in [1.165, 1.54) is 95.0 Å². The van der Waals surface area contributed by atoms with Crippen LogP contribution in [0, 0.1) is 0 Å². The van der Waals surface area contributed by atoms with Gasteiger partial charge in [-0.2, -0.15) is 0 Å². The highest BCUT2D eigenvalue weighted by Gasteiger charge is 2.44. The number of halogens is 1. The van der Waals surface area contributed by atoms with Gasteiger partial charge in [-0.15, -0.1) is 0 Å². The summed E-state index contributed by atoms with van der Waals surface area (Å²) in [5.74, 6) is 0. The van der Waals surface area contributed by atoms with Crippen LogP contribution >= 0.6 is 11.6 Å². The van der Waals surface area contributed by atoms with Gasteiger partial charge in [0.05, 0.1) is 16.4 Å². The summed E-state index contributed by atoms with van der Waals surface area (Å²) in [7, 11) is 0. The lowest BCUT2D eigenvalue weighted by Crippen LogP contribution is -2.61. The van der Waals surface area contributed by atoms with Crippen molar-refractivity contribution in [3.63, 3.8) is 0 Å². The third-order valence-corrected chi connectivity index (χ3v) is 20.5. The highest BCUT2D eigenvalue weighted by Crippen LogP contribution is 2.50. The van der Waals surface area contributed by atoms with E-state index in [0.29, 0.717) is 5.02 Å². The van der Waals surface area contributed by atoms with Gasteiger partial charge in [-0.25, -0.2) is 0 Å². The average Bonchev–Trinajstić information content (AvgIpc) is 0.698. The van der Waals surface area contributed by atoms with E-state index in [1.807, 2.05) is 0 Å². The van der Waals surface area contributed by atoms with Crippen molar-refractivity contribution < 1.29 is 0 Å². The van der Waals surface area contributed by atoms with E-state index >= 15 is 0 Å². The fourth-order valence-corrected chi connectivity index (χ4v) is 14.1. The predicted molar refractivity (Wildman–Crippen MR) is 431 cm³/mol. The summed E-state index contributed by atoms with van der Waals surface area (Å²) in [4.78, 5) is 9.61. The summed E-state index contributed by atoms with van der Waals surface area (Å²) in [6.45, 7) is 54.8. The Morgan fingerprint density at radius 3 is 0.724 bits per heavy atom. The molecule has 0 atom stereocenters. The summed E-state index contributed by atoms with van der Waals surface area (Å²) in [5.41, 5.74) is 28.7. The molecule has 0 unspecified atom stereocenters. The van der Waals surface area contributed by atoms with Crippen LogP contribution in [0.2, 0.25) is 5.02 Å². The molecule has 4 nitrogen and oxygen atoms in total. The number of hydrogen-bond donors (Lipinski definition) is 0. The molecule has 0 saturated heterocycles. The Morgan fingerprint density at radius 2 is 0.480 bits per heavy atom. The van der Waals surface area contributed by atoms with Gasteiger partial charge in [0.1, 0.15) is 0 Å². The molecular formula is C92H108BClN4. The minimum atomic E-state index is 0.0274. The minimum absolute atomic E-state index is 0.0274. The van der Waals surface area contributed by atoms with Gasteiger partial charge in [0.15, 0.2) is 0 Å². The van der Waals surface area contributed by atoms with E-state index in [4.69, 9.17) is 11.6 Å².